The molecule has 1 amide bonds. The number of carbonyl (C=O) groups is 1. The SMILES string of the molecule is COc1ccc(-c2nc(SCC(=O)Nc3c(C)cccc3C)n[nH]2)cc1. The highest BCUT2D eigenvalue weighted by Crippen LogP contribution is 2.23. The Morgan fingerprint density at radius 2 is 1.85 bits per heavy atom. The van der Waals surface area contributed by atoms with Crippen LogP contribution in [0.3, 0.4) is 0 Å². The van der Waals surface area contributed by atoms with Gasteiger partial charge in [-0.3, -0.25) is 9.89 Å². The van der Waals surface area contributed by atoms with Crippen LogP contribution in [0.15, 0.2) is 47.6 Å². The lowest BCUT2D eigenvalue weighted by Gasteiger charge is -2.10. The average molecular weight is 368 g/mol. The van der Waals surface area contributed by atoms with Crippen molar-refractivity contribution in [1.29, 1.82) is 0 Å². The van der Waals surface area contributed by atoms with E-state index in [9.17, 15) is 4.79 Å². The minimum absolute atomic E-state index is 0.0804. The van der Waals surface area contributed by atoms with Crippen molar-refractivity contribution in [3.63, 3.8) is 0 Å². The van der Waals surface area contributed by atoms with Gasteiger partial charge >= 0.3 is 0 Å². The summed E-state index contributed by atoms with van der Waals surface area (Å²) >= 11 is 1.29. The van der Waals surface area contributed by atoms with E-state index in [0.29, 0.717) is 11.0 Å². The van der Waals surface area contributed by atoms with Gasteiger partial charge in [0.25, 0.3) is 0 Å². The predicted molar refractivity (Wildman–Crippen MR) is 104 cm³/mol. The van der Waals surface area contributed by atoms with Crippen molar-refractivity contribution < 1.29 is 9.53 Å². The second-order valence-electron chi connectivity index (χ2n) is 5.80. The number of carbonyl (C=O) groups excluding carboxylic acids is 1. The number of amides is 1. The van der Waals surface area contributed by atoms with Crippen LogP contribution in [0.5, 0.6) is 5.75 Å². The van der Waals surface area contributed by atoms with Crippen LogP contribution >= 0.6 is 11.8 Å². The van der Waals surface area contributed by atoms with Gasteiger partial charge in [0.1, 0.15) is 5.75 Å². The van der Waals surface area contributed by atoms with Gasteiger partial charge in [0, 0.05) is 11.3 Å². The van der Waals surface area contributed by atoms with Crippen LogP contribution in [0, 0.1) is 13.8 Å². The fraction of sp³-hybridized carbons (Fsp3) is 0.211. The summed E-state index contributed by atoms with van der Waals surface area (Å²) < 4.78 is 5.15. The minimum Gasteiger partial charge on any atom is -0.497 e. The highest BCUT2D eigenvalue weighted by molar-refractivity contribution is 7.99. The first-order chi connectivity index (χ1) is 12.6. The number of hydrogen-bond donors (Lipinski definition) is 2. The van der Waals surface area contributed by atoms with Gasteiger partial charge in [0.15, 0.2) is 5.82 Å². The molecule has 0 unspecified atom stereocenters. The van der Waals surface area contributed by atoms with Crippen LogP contribution in [0.1, 0.15) is 11.1 Å². The summed E-state index contributed by atoms with van der Waals surface area (Å²) in [5.41, 5.74) is 3.86. The third kappa shape index (κ3) is 4.23. The molecule has 2 aromatic carbocycles. The molecule has 0 spiro atoms. The second-order valence-corrected chi connectivity index (χ2v) is 6.74. The molecule has 0 radical (unpaired) electrons. The van der Waals surface area contributed by atoms with Crippen molar-refractivity contribution in [2.24, 2.45) is 0 Å². The molecular weight excluding hydrogens is 348 g/mol. The highest BCUT2D eigenvalue weighted by Gasteiger charge is 2.11. The first-order valence-corrected chi connectivity index (χ1v) is 9.11. The monoisotopic (exact) mass is 368 g/mol. The Labute approximate surface area is 156 Å². The number of thioether (sulfide) groups is 1. The van der Waals surface area contributed by atoms with E-state index in [0.717, 1.165) is 28.1 Å². The normalized spacial score (nSPS) is 10.6. The van der Waals surface area contributed by atoms with Crippen molar-refractivity contribution in [1.82, 2.24) is 15.2 Å². The molecule has 0 aliphatic rings. The molecule has 0 aliphatic carbocycles. The average Bonchev–Trinajstić information content (AvgIpc) is 3.12. The molecule has 26 heavy (non-hydrogen) atoms. The summed E-state index contributed by atoms with van der Waals surface area (Å²) in [7, 11) is 1.63. The zero-order valence-corrected chi connectivity index (χ0v) is 15.7. The van der Waals surface area contributed by atoms with E-state index in [4.69, 9.17) is 4.74 Å². The lowest BCUT2D eigenvalue weighted by atomic mass is 10.1. The maximum Gasteiger partial charge on any atom is 0.234 e. The van der Waals surface area contributed by atoms with Crippen LogP contribution in [0.25, 0.3) is 11.4 Å². The first-order valence-electron chi connectivity index (χ1n) is 8.12. The molecule has 0 bridgehead atoms. The summed E-state index contributed by atoms with van der Waals surface area (Å²) in [5.74, 6) is 1.60. The van der Waals surface area contributed by atoms with Crippen LogP contribution < -0.4 is 10.1 Å². The minimum atomic E-state index is -0.0804. The van der Waals surface area contributed by atoms with Gasteiger partial charge < -0.3 is 10.1 Å². The Kier molecular flexibility index (Phi) is 5.58. The molecule has 3 aromatic rings. The van der Waals surface area contributed by atoms with E-state index >= 15 is 0 Å². The number of aromatic nitrogens is 3. The van der Waals surface area contributed by atoms with Crippen LogP contribution in [-0.2, 0) is 4.79 Å². The molecule has 0 fully saturated rings. The third-order valence-corrected chi connectivity index (χ3v) is 4.75. The van der Waals surface area contributed by atoms with Gasteiger partial charge in [-0.1, -0.05) is 30.0 Å². The number of benzene rings is 2. The molecule has 0 atom stereocenters. The van der Waals surface area contributed by atoms with Crippen molar-refractivity contribution in [2.75, 3.05) is 18.2 Å². The summed E-state index contributed by atoms with van der Waals surface area (Å²) in [6, 6.07) is 13.5. The first kappa shape index (κ1) is 18.0. The standard InChI is InChI=1S/C19H20N4O2S/c1-12-5-4-6-13(2)17(12)20-16(24)11-26-19-21-18(22-23-19)14-7-9-15(25-3)10-8-14/h4-10H,11H2,1-3H3,(H,20,24)(H,21,22,23). The molecule has 1 heterocycles. The van der Waals surface area contributed by atoms with Gasteiger partial charge in [-0.25, -0.2) is 4.98 Å². The highest BCUT2D eigenvalue weighted by atomic mass is 32.2. The molecule has 7 heteroatoms. The maximum absolute atomic E-state index is 12.2. The second kappa shape index (κ2) is 8.05. The number of H-pyrrole nitrogens is 1. The zero-order valence-electron chi connectivity index (χ0n) is 14.9. The van der Waals surface area contributed by atoms with Gasteiger partial charge in [0.05, 0.1) is 12.9 Å². The molecule has 2 N–H and O–H groups in total. The lowest BCUT2D eigenvalue weighted by molar-refractivity contribution is -0.113. The summed E-state index contributed by atoms with van der Waals surface area (Å²) in [5, 5.41) is 10.6. The maximum atomic E-state index is 12.2. The largest absolute Gasteiger partial charge is 0.497 e. The van der Waals surface area contributed by atoms with Crippen molar-refractivity contribution >= 4 is 23.4 Å². The Morgan fingerprint density at radius 3 is 2.50 bits per heavy atom. The number of para-hydroxylation sites is 1. The predicted octanol–water partition coefficient (Wildman–Crippen LogP) is 3.83. The smallest absolute Gasteiger partial charge is 0.234 e. The number of nitrogens with zero attached hydrogens (tertiary/aromatic N) is 2. The summed E-state index contributed by atoms with van der Waals surface area (Å²) in [6.45, 7) is 3.96. The summed E-state index contributed by atoms with van der Waals surface area (Å²) in [6.07, 6.45) is 0. The van der Waals surface area contributed by atoms with Crippen molar-refractivity contribution in [2.45, 2.75) is 19.0 Å². The number of aryl methyl sites for hydroxylation is 2. The molecule has 0 aliphatic heterocycles. The van der Waals surface area contributed by atoms with Crippen LogP contribution in [0.4, 0.5) is 5.69 Å². The van der Waals surface area contributed by atoms with E-state index in [1.54, 1.807) is 7.11 Å². The summed E-state index contributed by atoms with van der Waals surface area (Å²) in [4.78, 5) is 16.7. The van der Waals surface area contributed by atoms with E-state index in [-0.39, 0.29) is 11.7 Å². The van der Waals surface area contributed by atoms with E-state index in [1.165, 1.54) is 11.8 Å². The van der Waals surface area contributed by atoms with Gasteiger partial charge in [-0.05, 0) is 49.2 Å². The molecule has 6 nitrogen and oxygen atoms in total. The quantitative estimate of drug-likeness (QED) is 0.647. The zero-order chi connectivity index (χ0) is 18.5. The number of methoxy groups -OCH3 is 1. The topological polar surface area (TPSA) is 79.9 Å². The third-order valence-electron chi connectivity index (χ3n) is 3.91. The van der Waals surface area contributed by atoms with Crippen LogP contribution in [-0.4, -0.2) is 34.0 Å². The number of rotatable bonds is 6. The molecule has 0 saturated carbocycles. The molecular formula is C19H20N4O2S. The molecule has 0 saturated heterocycles. The Balaban J connectivity index is 1.60. The Hall–Kier alpha value is -2.80. The number of hydrogen-bond acceptors (Lipinski definition) is 5. The fourth-order valence-corrected chi connectivity index (χ4v) is 3.10. The van der Waals surface area contributed by atoms with Gasteiger partial charge in [-0.2, -0.15) is 0 Å². The van der Waals surface area contributed by atoms with Crippen molar-refractivity contribution in [3.8, 4) is 17.1 Å². The van der Waals surface area contributed by atoms with Gasteiger partial charge in [0.2, 0.25) is 11.1 Å². The van der Waals surface area contributed by atoms with Crippen LogP contribution in [0.2, 0.25) is 0 Å². The van der Waals surface area contributed by atoms with E-state index in [1.807, 2.05) is 56.3 Å². The molecule has 1 aromatic heterocycles. The number of ether oxygens (including phenoxy) is 1. The van der Waals surface area contributed by atoms with Crippen molar-refractivity contribution in [3.05, 3.63) is 53.6 Å². The number of aromatic amines is 1. The molecule has 134 valence electrons. The fourth-order valence-electron chi connectivity index (χ4n) is 2.51. The Morgan fingerprint density at radius 1 is 1.15 bits per heavy atom. The van der Waals surface area contributed by atoms with E-state index in [2.05, 4.69) is 20.5 Å². The lowest BCUT2D eigenvalue weighted by Crippen LogP contribution is -2.15. The number of nitrogens with one attached hydrogen (secondary N) is 2. The van der Waals surface area contributed by atoms with E-state index < -0.39 is 0 Å². The Bertz CT molecular complexity index is 886. The number of anilines is 1. The van der Waals surface area contributed by atoms with Gasteiger partial charge in [-0.15, -0.1) is 5.10 Å². The molecule has 3 rings (SSSR count).